The molecule has 2 saturated heterocycles. The van der Waals surface area contributed by atoms with Crippen LogP contribution < -0.4 is 31.8 Å². The van der Waals surface area contributed by atoms with Gasteiger partial charge in [0, 0.05) is 56.8 Å². The molecule has 0 atom stereocenters. The van der Waals surface area contributed by atoms with E-state index in [0.29, 0.717) is 5.02 Å². The third-order valence-electron chi connectivity index (χ3n) is 12.1. The molecule has 0 spiro atoms. The molecule has 4 aromatic carbocycles. The van der Waals surface area contributed by atoms with Crippen molar-refractivity contribution >= 4 is 71.7 Å². The summed E-state index contributed by atoms with van der Waals surface area (Å²) in [6.07, 6.45) is 9.85. The minimum absolute atomic E-state index is 0. The Hall–Kier alpha value is -4.34. The molecule has 2 aliphatic heterocycles. The summed E-state index contributed by atoms with van der Waals surface area (Å²) in [5, 5.41) is 11.7. The number of aromatic nitrogens is 3. The fourth-order valence-corrected chi connectivity index (χ4v) is 9.22. The molecule has 0 bridgehead atoms. The number of H-pyrrole nitrogens is 1. The van der Waals surface area contributed by atoms with Gasteiger partial charge in [0.1, 0.15) is 11.5 Å². The van der Waals surface area contributed by atoms with Crippen LogP contribution >= 0.6 is 11.6 Å². The van der Waals surface area contributed by atoms with Crippen LogP contribution in [0.15, 0.2) is 85.2 Å². The van der Waals surface area contributed by atoms with Crippen LogP contribution in [0.25, 0.3) is 54.4 Å². The predicted octanol–water partition coefficient (Wildman–Crippen LogP) is 5.67. The molecule has 0 radical (unpaired) electrons. The Balaban J connectivity index is 0.00000413. The van der Waals surface area contributed by atoms with E-state index in [9.17, 15) is 0 Å². The molecule has 7 aromatic rings. The van der Waals surface area contributed by atoms with Crippen molar-refractivity contribution in [3.8, 4) is 11.5 Å². The highest BCUT2D eigenvalue weighted by Crippen LogP contribution is 2.36. The zero-order chi connectivity index (χ0) is 35.9. The van der Waals surface area contributed by atoms with E-state index in [2.05, 4.69) is 79.5 Å². The van der Waals surface area contributed by atoms with Gasteiger partial charge in [0.2, 0.25) is 0 Å². The molecule has 0 saturated carbocycles. The Kier molecular flexibility index (Phi) is 10.7. The second-order valence-corrected chi connectivity index (χ2v) is 15.5. The van der Waals surface area contributed by atoms with E-state index < -0.39 is 0 Å². The van der Waals surface area contributed by atoms with Gasteiger partial charge in [0.25, 0.3) is 0 Å². The number of hydrogen-bond donors (Lipinski definition) is 2. The van der Waals surface area contributed by atoms with Gasteiger partial charge in [0.05, 0.1) is 42.9 Å². The van der Waals surface area contributed by atoms with Gasteiger partial charge in [-0.3, -0.25) is 4.90 Å². The molecule has 2 aliphatic rings. The van der Waals surface area contributed by atoms with Gasteiger partial charge < -0.3 is 37.1 Å². The van der Waals surface area contributed by atoms with E-state index in [4.69, 9.17) is 26.1 Å². The summed E-state index contributed by atoms with van der Waals surface area (Å²) in [5.41, 5.74) is 5.27. The maximum atomic E-state index is 6.34. The summed E-state index contributed by atoms with van der Waals surface area (Å²) in [7, 11) is 3.44. The van der Waals surface area contributed by atoms with Crippen molar-refractivity contribution in [1.82, 2.24) is 19.8 Å². The predicted molar refractivity (Wildman–Crippen MR) is 218 cm³/mol. The summed E-state index contributed by atoms with van der Waals surface area (Å²) in [4.78, 5) is 13.8. The van der Waals surface area contributed by atoms with Crippen LogP contribution in [0, 0.1) is 11.8 Å². The third-order valence-corrected chi connectivity index (χ3v) is 12.3. The standard InChI is InChI=1S/C44H47ClN6O2.ClH/c1-52-33-5-9-39-36(26-33)43-38-28-51(21-15-31(38)3-8-41(43)47-39)24-23-50-19-13-30(14-20-50)29-11-17-49(18-12-29)22-16-46-44-35-7-4-32(45)25-42(35)48-40-10-6-34(53-2)27-37(40)44;/h3-10,15,21,25-30H,11-14,16-20,22-24H2,1-2H3,(H,46,48);1H. The lowest BCUT2D eigenvalue weighted by atomic mass is 9.79. The molecule has 3 aromatic heterocycles. The van der Waals surface area contributed by atoms with Crippen molar-refractivity contribution in [1.29, 1.82) is 0 Å². The minimum Gasteiger partial charge on any atom is -1.00 e. The summed E-state index contributed by atoms with van der Waals surface area (Å²) in [6, 6.07) is 25.0. The summed E-state index contributed by atoms with van der Waals surface area (Å²) < 4.78 is 13.5. The van der Waals surface area contributed by atoms with E-state index >= 15 is 0 Å². The molecule has 10 heteroatoms. The zero-order valence-electron chi connectivity index (χ0n) is 31.1. The number of methoxy groups -OCH3 is 2. The largest absolute Gasteiger partial charge is 1.00 e. The second kappa shape index (κ2) is 15.8. The third kappa shape index (κ3) is 7.25. The topological polar surface area (TPSA) is 69.5 Å². The molecule has 0 aliphatic carbocycles. The number of anilines is 1. The lowest BCUT2D eigenvalue weighted by Crippen LogP contribution is -3.00. The first-order valence-corrected chi connectivity index (χ1v) is 19.6. The lowest BCUT2D eigenvalue weighted by Gasteiger charge is -2.40. The molecular formula is C44H48Cl2N6O2. The average Bonchev–Trinajstić information content (AvgIpc) is 3.58. The van der Waals surface area contributed by atoms with E-state index in [0.717, 1.165) is 82.5 Å². The number of halogens is 2. The number of rotatable bonds is 10. The molecule has 54 heavy (non-hydrogen) atoms. The Bertz CT molecular complexity index is 2430. The van der Waals surface area contributed by atoms with Crippen LogP contribution in [-0.4, -0.2) is 79.8 Å². The zero-order valence-corrected chi connectivity index (χ0v) is 32.6. The van der Waals surface area contributed by atoms with Gasteiger partial charge in [-0.15, -0.1) is 0 Å². The first kappa shape index (κ1) is 36.6. The molecule has 0 amide bonds. The monoisotopic (exact) mass is 762 g/mol. The van der Waals surface area contributed by atoms with Crippen LogP contribution in [0.3, 0.4) is 0 Å². The molecular weight excluding hydrogens is 715 g/mol. The number of likely N-dealkylation sites (tertiary alicyclic amines) is 2. The first-order valence-electron chi connectivity index (χ1n) is 19.2. The lowest BCUT2D eigenvalue weighted by molar-refractivity contribution is -0.695. The maximum Gasteiger partial charge on any atom is 0.177 e. The van der Waals surface area contributed by atoms with Gasteiger partial charge in [-0.1, -0.05) is 17.7 Å². The summed E-state index contributed by atoms with van der Waals surface area (Å²) in [5.74, 6) is 3.42. The van der Waals surface area contributed by atoms with Crippen molar-refractivity contribution in [2.45, 2.75) is 32.2 Å². The SMILES string of the molecule is COc1ccc2nc3cc(Cl)ccc3c(NCCN3CCC(C4CCN(CC[n+]5ccc6ccc7[nH]c8ccc(OC)cc8c7c6c5)CC4)CC3)c2c1.[Cl-]. The summed E-state index contributed by atoms with van der Waals surface area (Å²) in [6.45, 7) is 8.79. The number of aromatic amines is 1. The number of fused-ring (bicyclic) bond motifs is 7. The fraction of sp³-hybridized carbons (Fsp3) is 0.364. The van der Waals surface area contributed by atoms with E-state index in [-0.39, 0.29) is 12.4 Å². The molecule has 5 heterocycles. The van der Waals surface area contributed by atoms with Gasteiger partial charge in [-0.25, -0.2) is 9.55 Å². The number of nitrogens with one attached hydrogen (secondary N) is 2. The van der Waals surface area contributed by atoms with Crippen LogP contribution in [0.2, 0.25) is 5.02 Å². The number of ether oxygens (including phenoxy) is 2. The second-order valence-electron chi connectivity index (χ2n) is 15.0. The quantitative estimate of drug-likeness (QED) is 0.138. The highest BCUT2D eigenvalue weighted by molar-refractivity contribution is 6.31. The Morgan fingerprint density at radius 2 is 1.43 bits per heavy atom. The molecule has 8 nitrogen and oxygen atoms in total. The van der Waals surface area contributed by atoms with Crippen molar-refractivity contribution in [3.05, 3.63) is 90.2 Å². The maximum absolute atomic E-state index is 6.34. The molecule has 280 valence electrons. The highest BCUT2D eigenvalue weighted by Gasteiger charge is 2.30. The Labute approximate surface area is 327 Å². The van der Waals surface area contributed by atoms with Crippen LogP contribution in [0.1, 0.15) is 25.7 Å². The normalized spacial score (nSPS) is 16.4. The van der Waals surface area contributed by atoms with Crippen LogP contribution in [0.5, 0.6) is 11.5 Å². The number of nitrogens with zero attached hydrogens (tertiary/aromatic N) is 4. The molecule has 2 N–H and O–H groups in total. The highest BCUT2D eigenvalue weighted by atomic mass is 35.5. The number of piperidine rings is 2. The number of pyridine rings is 2. The molecule has 9 rings (SSSR count). The van der Waals surface area contributed by atoms with Gasteiger partial charge in [-0.2, -0.15) is 0 Å². The van der Waals surface area contributed by atoms with Crippen molar-refractivity contribution in [2.75, 3.05) is 65.3 Å². The van der Waals surface area contributed by atoms with Crippen LogP contribution in [-0.2, 0) is 6.54 Å². The number of hydrogen-bond acceptors (Lipinski definition) is 6. The summed E-state index contributed by atoms with van der Waals surface area (Å²) >= 11 is 6.34. The smallest absolute Gasteiger partial charge is 0.177 e. The van der Waals surface area contributed by atoms with Crippen LogP contribution in [0.4, 0.5) is 5.69 Å². The van der Waals surface area contributed by atoms with E-state index in [1.165, 1.54) is 78.9 Å². The molecule has 2 fully saturated rings. The van der Waals surface area contributed by atoms with Crippen molar-refractivity contribution in [2.24, 2.45) is 11.8 Å². The Morgan fingerprint density at radius 3 is 2.17 bits per heavy atom. The van der Waals surface area contributed by atoms with Gasteiger partial charge >= 0.3 is 0 Å². The number of benzene rings is 4. The van der Waals surface area contributed by atoms with E-state index in [1.807, 2.05) is 30.3 Å². The fourth-order valence-electron chi connectivity index (χ4n) is 9.06. The minimum atomic E-state index is 0. The first-order chi connectivity index (χ1) is 26.0. The van der Waals surface area contributed by atoms with Gasteiger partial charge in [0.15, 0.2) is 18.9 Å². The van der Waals surface area contributed by atoms with Crippen molar-refractivity contribution < 1.29 is 26.4 Å². The molecule has 0 unspecified atom stereocenters. The van der Waals surface area contributed by atoms with E-state index in [1.54, 1.807) is 14.2 Å². The Morgan fingerprint density at radius 1 is 0.741 bits per heavy atom. The van der Waals surface area contributed by atoms with Gasteiger partial charge in [-0.05, 0) is 130 Å². The van der Waals surface area contributed by atoms with Crippen molar-refractivity contribution in [3.63, 3.8) is 0 Å². The average molecular weight is 764 g/mol.